The van der Waals surface area contributed by atoms with Crippen molar-refractivity contribution in [3.8, 4) is 0 Å². The van der Waals surface area contributed by atoms with Gasteiger partial charge in [-0.25, -0.2) is 0 Å². The van der Waals surface area contributed by atoms with Gasteiger partial charge in [-0.1, -0.05) is 12.8 Å². The van der Waals surface area contributed by atoms with Crippen LogP contribution in [0.1, 0.15) is 38.2 Å². The Bertz CT molecular complexity index is 466. The Morgan fingerprint density at radius 3 is 3.00 bits per heavy atom. The zero-order valence-electron chi connectivity index (χ0n) is 10.8. The van der Waals surface area contributed by atoms with Crippen molar-refractivity contribution in [3.05, 3.63) is 23.8 Å². The van der Waals surface area contributed by atoms with Crippen molar-refractivity contribution >= 4 is 17.3 Å². The van der Waals surface area contributed by atoms with E-state index in [4.69, 9.17) is 0 Å². The number of anilines is 2. The number of carbonyl (C=O) groups is 1. The molecule has 1 amide bonds. The molecule has 2 aliphatic rings. The van der Waals surface area contributed by atoms with Gasteiger partial charge >= 0.3 is 0 Å². The van der Waals surface area contributed by atoms with Gasteiger partial charge in [0, 0.05) is 23.8 Å². The Labute approximate surface area is 108 Å². The maximum absolute atomic E-state index is 11.3. The number of amides is 1. The minimum atomic E-state index is 0.130. The van der Waals surface area contributed by atoms with Crippen molar-refractivity contribution < 1.29 is 4.79 Å². The molecule has 1 heterocycles. The lowest BCUT2D eigenvalue weighted by Gasteiger charge is -2.20. The summed E-state index contributed by atoms with van der Waals surface area (Å²) in [4.78, 5) is 11.3. The number of aryl methyl sites for hydroxylation is 1. The lowest BCUT2D eigenvalue weighted by molar-refractivity contribution is -0.116. The van der Waals surface area contributed by atoms with Crippen LogP contribution in [0.2, 0.25) is 0 Å². The highest BCUT2D eigenvalue weighted by atomic mass is 16.1. The van der Waals surface area contributed by atoms with Gasteiger partial charge in [0.15, 0.2) is 0 Å². The largest absolute Gasteiger partial charge is 0.383 e. The molecule has 1 aliphatic carbocycles. The number of carbonyl (C=O) groups excluding carboxylic acids is 1. The normalized spacial score (nSPS) is 19.9. The van der Waals surface area contributed by atoms with Crippen molar-refractivity contribution in [3.63, 3.8) is 0 Å². The Morgan fingerprint density at radius 1 is 1.39 bits per heavy atom. The fraction of sp³-hybridized carbons (Fsp3) is 0.533. The summed E-state index contributed by atoms with van der Waals surface area (Å²) in [6.45, 7) is 2.25. The van der Waals surface area contributed by atoms with E-state index in [0.29, 0.717) is 12.5 Å². The summed E-state index contributed by atoms with van der Waals surface area (Å²) in [7, 11) is 0. The number of hydrogen-bond acceptors (Lipinski definition) is 2. The zero-order valence-corrected chi connectivity index (χ0v) is 10.8. The first-order chi connectivity index (χ1) is 8.70. The smallest absolute Gasteiger partial charge is 0.224 e. The van der Waals surface area contributed by atoms with Crippen molar-refractivity contribution in [2.75, 3.05) is 10.6 Å². The summed E-state index contributed by atoms with van der Waals surface area (Å²) in [6, 6.07) is 6.79. The third-order valence-electron chi connectivity index (χ3n) is 3.80. The minimum Gasteiger partial charge on any atom is -0.383 e. The van der Waals surface area contributed by atoms with Gasteiger partial charge in [-0.15, -0.1) is 0 Å². The van der Waals surface area contributed by atoms with E-state index in [1.54, 1.807) is 0 Å². The predicted molar refractivity (Wildman–Crippen MR) is 73.8 cm³/mol. The van der Waals surface area contributed by atoms with Crippen LogP contribution < -0.4 is 10.6 Å². The standard InChI is InChI=1S/C15H20N2O/c1-10(8-11-2-3-11)16-13-5-6-14-12(9-13)4-7-15(18)17-14/h5-6,9-11,16H,2-4,7-8H2,1H3,(H,17,18). The molecule has 3 rings (SSSR count). The number of hydrogen-bond donors (Lipinski definition) is 2. The van der Waals surface area contributed by atoms with Crippen LogP contribution in [0.5, 0.6) is 0 Å². The van der Waals surface area contributed by atoms with Crippen LogP contribution in [0.15, 0.2) is 18.2 Å². The molecule has 1 aromatic rings. The third kappa shape index (κ3) is 2.66. The fourth-order valence-electron chi connectivity index (χ4n) is 2.67. The van der Waals surface area contributed by atoms with Gasteiger partial charge in [-0.3, -0.25) is 4.79 Å². The first-order valence-electron chi connectivity index (χ1n) is 6.90. The summed E-state index contributed by atoms with van der Waals surface area (Å²) in [6.07, 6.45) is 5.54. The molecule has 3 nitrogen and oxygen atoms in total. The van der Waals surface area contributed by atoms with E-state index in [2.05, 4.69) is 29.7 Å². The second-order valence-electron chi connectivity index (χ2n) is 5.64. The summed E-state index contributed by atoms with van der Waals surface area (Å²) >= 11 is 0. The van der Waals surface area contributed by atoms with Crippen LogP contribution in [-0.4, -0.2) is 11.9 Å². The summed E-state index contributed by atoms with van der Waals surface area (Å²) < 4.78 is 0. The van der Waals surface area contributed by atoms with Crippen molar-refractivity contribution in [2.45, 2.75) is 45.1 Å². The average Bonchev–Trinajstić information content (AvgIpc) is 3.13. The molecule has 0 bridgehead atoms. The van der Waals surface area contributed by atoms with Crippen molar-refractivity contribution in [1.29, 1.82) is 0 Å². The lowest BCUT2D eigenvalue weighted by Crippen LogP contribution is -2.20. The fourth-order valence-corrected chi connectivity index (χ4v) is 2.67. The molecule has 18 heavy (non-hydrogen) atoms. The second-order valence-corrected chi connectivity index (χ2v) is 5.64. The quantitative estimate of drug-likeness (QED) is 0.854. The van der Waals surface area contributed by atoms with Gasteiger partial charge in [0.1, 0.15) is 0 Å². The number of benzene rings is 1. The Kier molecular flexibility index (Phi) is 2.98. The van der Waals surface area contributed by atoms with Gasteiger partial charge in [0.05, 0.1) is 0 Å². The van der Waals surface area contributed by atoms with E-state index < -0.39 is 0 Å². The van der Waals surface area contributed by atoms with E-state index >= 15 is 0 Å². The van der Waals surface area contributed by atoms with Gasteiger partial charge in [-0.2, -0.15) is 0 Å². The molecule has 1 unspecified atom stereocenters. The maximum Gasteiger partial charge on any atom is 0.224 e. The van der Waals surface area contributed by atoms with Crippen LogP contribution in [0, 0.1) is 5.92 Å². The van der Waals surface area contributed by atoms with Crippen LogP contribution in [0.25, 0.3) is 0 Å². The highest BCUT2D eigenvalue weighted by Gasteiger charge is 2.23. The third-order valence-corrected chi connectivity index (χ3v) is 3.80. The average molecular weight is 244 g/mol. The van der Waals surface area contributed by atoms with Crippen LogP contribution >= 0.6 is 0 Å². The van der Waals surface area contributed by atoms with Crippen molar-refractivity contribution in [1.82, 2.24) is 0 Å². The van der Waals surface area contributed by atoms with Gasteiger partial charge < -0.3 is 10.6 Å². The molecule has 3 heteroatoms. The second kappa shape index (κ2) is 4.63. The molecule has 96 valence electrons. The van der Waals surface area contributed by atoms with Crippen LogP contribution in [0.4, 0.5) is 11.4 Å². The Hall–Kier alpha value is -1.51. The van der Waals surface area contributed by atoms with Crippen LogP contribution in [-0.2, 0) is 11.2 Å². The SMILES string of the molecule is CC(CC1CC1)Nc1ccc2c(c1)CCC(=O)N2. The van der Waals surface area contributed by atoms with E-state index in [1.165, 1.54) is 30.5 Å². The van der Waals surface area contributed by atoms with Gasteiger partial charge in [0.2, 0.25) is 5.91 Å². The van der Waals surface area contributed by atoms with Gasteiger partial charge in [0.25, 0.3) is 0 Å². The molecule has 1 atom stereocenters. The van der Waals surface area contributed by atoms with Crippen molar-refractivity contribution in [2.24, 2.45) is 5.92 Å². The lowest BCUT2D eigenvalue weighted by atomic mass is 10.0. The zero-order chi connectivity index (χ0) is 12.5. The highest BCUT2D eigenvalue weighted by Crippen LogP contribution is 2.34. The van der Waals surface area contributed by atoms with E-state index in [-0.39, 0.29) is 5.91 Å². The molecule has 1 aliphatic heterocycles. The topological polar surface area (TPSA) is 41.1 Å². The van der Waals surface area contributed by atoms with E-state index in [1.807, 2.05) is 6.07 Å². The summed E-state index contributed by atoms with van der Waals surface area (Å²) in [5.74, 6) is 1.08. The summed E-state index contributed by atoms with van der Waals surface area (Å²) in [5.41, 5.74) is 3.41. The Balaban J connectivity index is 1.67. The number of fused-ring (bicyclic) bond motifs is 1. The molecule has 0 aromatic heterocycles. The number of rotatable bonds is 4. The van der Waals surface area contributed by atoms with Crippen LogP contribution in [0.3, 0.4) is 0 Å². The molecular formula is C15H20N2O. The van der Waals surface area contributed by atoms with E-state index in [0.717, 1.165) is 18.0 Å². The molecule has 1 aromatic carbocycles. The van der Waals surface area contributed by atoms with E-state index in [9.17, 15) is 4.79 Å². The molecule has 1 fully saturated rings. The molecule has 0 spiro atoms. The molecular weight excluding hydrogens is 224 g/mol. The first-order valence-corrected chi connectivity index (χ1v) is 6.90. The minimum absolute atomic E-state index is 0.130. The molecule has 1 saturated carbocycles. The predicted octanol–water partition coefficient (Wildman–Crippen LogP) is 3.17. The Morgan fingerprint density at radius 2 is 2.22 bits per heavy atom. The van der Waals surface area contributed by atoms with Gasteiger partial charge in [-0.05, 0) is 49.4 Å². The molecule has 2 N–H and O–H groups in total. The molecule has 0 radical (unpaired) electrons. The summed E-state index contributed by atoms with van der Waals surface area (Å²) in [5, 5.41) is 6.48. The monoisotopic (exact) mass is 244 g/mol. The molecule has 0 saturated heterocycles. The first kappa shape index (κ1) is 11.6. The highest BCUT2D eigenvalue weighted by molar-refractivity contribution is 5.94. The number of nitrogens with one attached hydrogen (secondary N) is 2. The maximum atomic E-state index is 11.3.